The molecular weight excluding hydrogens is 338 g/mol. The molecule has 0 bridgehead atoms. The van der Waals surface area contributed by atoms with E-state index in [2.05, 4.69) is 20.6 Å². The van der Waals surface area contributed by atoms with Crippen LogP contribution in [-0.2, 0) is 13.0 Å². The molecular formula is C17H17N5O2S. The molecule has 7 nitrogen and oxygen atoms in total. The second kappa shape index (κ2) is 6.21. The molecule has 0 spiro atoms. The summed E-state index contributed by atoms with van der Waals surface area (Å²) in [5.74, 6) is -0.0175. The quantitative estimate of drug-likeness (QED) is 0.660. The minimum Gasteiger partial charge on any atom is -0.351 e. The molecule has 1 aliphatic rings. The van der Waals surface area contributed by atoms with Crippen molar-refractivity contribution in [2.24, 2.45) is 0 Å². The summed E-state index contributed by atoms with van der Waals surface area (Å²) in [4.78, 5) is 34.7. The molecule has 0 saturated carbocycles. The van der Waals surface area contributed by atoms with Crippen LogP contribution in [0.15, 0.2) is 30.3 Å². The number of aromatic nitrogens is 2. The van der Waals surface area contributed by atoms with E-state index in [9.17, 15) is 9.59 Å². The molecule has 0 aliphatic carbocycles. The van der Waals surface area contributed by atoms with Gasteiger partial charge in [0, 0.05) is 35.8 Å². The molecule has 0 atom stereocenters. The number of anilines is 1. The fourth-order valence-electron chi connectivity index (χ4n) is 2.94. The number of urea groups is 1. The summed E-state index contributed by atoms with van der Waals surface area (Å²) in [6.45, 7) is 1.13. The van der Waals surface area contributed by atoms with Crippen molar-refractivity contribution in [3.63, 3.8) is 0 Å². The first kappa shape index (κ1) is 15.6. The number of aromatic amines is 1. The molecule has 0 radical (unpaired) electrons. The van der Waals surface area contributed by atoms with Gasteiger partial charge < -0.3 is 15.2 Å². The van der Waals surface area contributed by atoms with Crippen LogP contribution in [0.25, 0.3) is 10.9 Å². The van der Waals surface area contributed by atoms with Gasteiger partial charge in [-0.2, -0.15) is 0 Å². The highest BCUT2D eigenvalue weighted by molar-refractivity contribution is 7.15. The van der Waals surface area contributed by atoms with Crippen LogP contribution in [0.1, 0.15) is 21.1 Å². The largest absolute Gasteiger partial charge is 0.351 e. The van der Waals surface area contributed by atoms with E-state index in [1.165, 1.54) is 11.3 Å². The Labute approximate surface area is 148 Å². The van der Waals surface area contributed by atoms with Crippen molar-refractivity contribution in [3.05, 3.63) is 46.6 Å². The fourth-order valence-corrected chi connectivity index (χ4v) is 3.96. The molecule has 2 aromatic heterocycles. The lowest BCUT2D eigenvalue weighted by Crippen LogP contribution is -2.35. The van der Waals surface area contributed by atoms with Crippen molar-refractivity contribution >= 4 is 39.3 Å². The summed E-state index contributed by atoms with van der Waals surface area (Å²) in [6, 6.07) is 9.43. The van der Waals surface area contributed by atoms with Crippen LogP contribution < -0.4 is 10.6 Å². The molecule has 3 aromatic rings. The summed E-state index contributed by atoms with van der Waals surface area (Å²) < 4.78 is 0. The van der Waals surface area contributed by atoms with Gasteiger partial charge in [0.15, 0.2) is 5.13 Å². The van der Waals surface area contributed by atoms with Crippen LogP contribution in [0, 0.1) is 0 Å². The van der Waals surface area contributed by atoms with Crippen LogP contribution in [0.4, 0.5) is 9.93 Å². The summed E-state index contributed by atoms with van der Waals surface area (Å²) >= 11 is 1.41. The summed E-state index contributed by atoms with van der Waals surface area (Å²) in [5, 5.41) is 6.78. The van der Waals surface area contributed by atoms with Crippen molar-refractivity contribution in [2.75, 3.05) is 18.9 Å². The van der Waals surface area contributed by atoms with E-state index >= 15 is 0 Å². The molecule has 128 valence electrons. The van der Waals surface area contributed by atoms with E-state index in [0.29, 0.717) is 30.3 Å². The van der Waals surface area contributed by atoms with Gasteiger partial charge in [-0.3, -0.25) is 10.1 Å². The van der Waals surface area contributed by atoms with E-state index in [0.717, 1.165) is 21.5 Å². The van der Waals surface area contributed by atoms with Gasteiger partial charge in [-0.1, -0.05) is 29.5 Å². The standard InChI is InChI=1S/C17H17N5O2S/c1-18-16(24)21-17-20-12-6-7-22(9-14(12)25-17)15(23)13-8-10-4-2-3-5-11(10)19-13/h2-5,8,19H,6-7,9H2,1H3,(H2,18,20,21,24). The number of benzene rings is 1. The van der Waals surface area contributed by atoms with Gasteiger partial charge in [0.1, 0.15) is 5.69 Å². The number of para-hydroxylation sites is 1. The van der Waals surface area contributed by atoms with Crippen molar-refractivity contribution < 1.29 is 9.59 Å². The molecule has 3 amide bonds. The van der Waals surface area contributed by atoms with Crippen LogP contribution in [-0.4, -0.2) is 40.4 Å². The fraction of sp³-hybridized carbons (Fsp3) is 0.235. The second-order valence-electron chi connectivity index (χ2n) is 5.84. The molecule has 8 heteroatoms. The van der Waals surface area contributed by atoms with Crippen molar-refractivity contribution in [1.82, 2.24) is 20.2 Å². The van der Waals surface area contributed by atoms with E-state index in [4.69, 9.17) is 0 Å². The maximum absolute atomic E-state index is 12.8. The van der Waals surface area contributed by atoms with Crippen LogP contribution >= 0.6 is 11.3 Å². The number of hydrogen-bond acceptors (Lipinski definition) is 4. The summed E-state index contributed by atoms with van der Waals surface area (Å²) in [6.07, 6.45) is 0.688. The zero-order chi connectivity index (χ0) is 17.4. The van der Waals surface area contributed by atoms with Crippen molar-refractivity contribution in [2.45, 2.75) is 13.0 Å². The van der Waals surface area contributed by atoms with Crippen LogP contribution in [0.3, 0.4) is 0 Å². The third-order valence-electron chi connectivity index (χ3n) is 4.23. The molecule has 25 heavy (non-hydrogen) atoms. The monoisotopic (exact) mass is 355 g/mol. The number of carbonyl (C=O) groups excluding carboxylic acids is 2. The van der Waals surface area contributed by atoms with Gasteiger partial charge in [-0.15, -0.1) is 0 Å². The number of fused-ring (bicyclic) bond motifs is 2. The Balaban J connectivity index is 1.53. The SMILES string of the molecule is CNC(=O)Nc1nc2c(s1)CN(C(=O)c1cc3ccccc3[nH]1)CC2. The molecule has 3 N–H and O–H groups in total. The first-order chi connectivity index (χ1) is 12.1. The molecule has 0 unspecified atom stereocenters. The van der Waals surface area contributed by atoms with Gasteiger partial charge >= 0.3 is 6.03 Å². The number of thiazole rings is 1. The zero-order valence-corrected chi connectivity index (χ0v) is 14.4. The number of rotatable bonds is 2. The summed E-state index contributed by atoms with van der Waals surface area (Å²) in [5.41, 5.74) is 2.51. The van der Waals surface area contributed by atoms with Gasteiger partial charge in [-0.25, -0.2) is 9.78 Å². The van der Waals surface area contributed by atoms with Crippen molar-refractivity contribution in [1.29, 1.82) is 0 Å². The molecule has 3 heterocycles. The Bertz CT molecular complexity index is 928. The normalized spacial score (nSPS) is 13.6. The Kier molecular flexibility index (Phi) is 3.89. The second-order valence-corrected chi connectivity index (χ2v) is 6.92. The molecule has 0 saturated heterocycles. The molecule has 0 fully saturated rings. The lowest BCUT2D eigenvalue weighted by molar-refractivity contribution is 0.0731. The lowest BCUT2D eigenvalue weighted by atomic mass is 10.1. The van der Waals surface area contributed by atoms with Gasteiger partial charge in [0.05, 0.1) is 12.2 Å². The highest BCUT2D eigenvalue weighted by atomic mass is 32.1. The molecule has 4 rings (SSSR count). The average molecular weight is 355 g/mol. The van der Waals surface area contributed by atoms with Crippen LogP contribution in [0.5, 0.6) is 0 Å². The number of nitrogens with one attached hydrogen (secondary N) is 3. The minimum absolute atomic E-state index is 0.0175. The van der Waals surface area contributed by atoms with Crippen molar-refractivity contribution in [3.8, 4) is 0 Å². The summed E-state index contributed by atoms with van der Waals surface area (Å²) in [7, 11) is 1.56. The first-order valence-corrected chi connectivity index (χ1v) is 8.80. The molecule has 1 aliphatic heterocycles. The smallest absolute Gasteiger partial charge is 0.320 e. The van der Waals surface area contributed by atoms with E-state index in [-0.39, 0.29) is 11.9 Å². The highest BCUT2D eigenvalue weighted by Gasteiger charge is 2.26. The predicted molar refractivity (Wildman–Crippen MR) is 96.9 cm³/mol. The Hall–Kier alpha value is -2.87. The Morgan fingerprint density at radius 1 is 1.32 bits per heavy atom. The predicted octanol–water partition coefficient (Wildman–Crippen LogP) is 2.57. The van der Waals surface area contributed by atoms with Gasteiger partial charge in [-0.05, 0) is 12.1 Å². The van der Waals surface area contributed by atoms with Crippen LogP contribution in [0.2, 0.25) is 0 Å². The van der Waals surface area contributed by atoms with E-state index < -0.39 is 0 Å². The number of amides is 3. The van der Waals surface area contributed by atoms with Gasteiger partial charge in [0.25, 0.3) is 5.91 Å². The zero-order valence-electron chi connectivity index (χ0n) is 13.6. The topological polar surface area (TPSA) is 90.1 Å². The third kappa shape index (κ3) is 2.96. The third-order valence-corrected chi connectivity index (χ3v) is 5.22. The first-order valence-electron chi connectivity index (χ1n) is 7.98. The lowest BCUT2D eigenvalue weighted by Gasteiger charge is -2.25. The number of hydrogen-bond donors (Lipinski definition) is 3. The number of carbonyl (C=O) groups is 2. The maximum Gasteiger partial charge on any atom is 0.320 e. The van der Waals surface area contributed by atoms with E-state index in [1.54, 1.807) is 7.05 Å². The number of nitrogens with zero attached hydrogens (tertiary/aromatic N) is 2. The average Bonchev–Trinajstić information content (AvgIpc) is 3.23. The maximum atomic E-state index is 12.8. The molecule has 1 aromatic carbocycles. The Morgan fingerprint density at radius 3 is 2.96 bits per heavy atom. The van der Waals surface area contributed by atoms with Gasteiger partial charge in [0.2, 0.25) is 0 Å². The highest BCUT2D eigenvalue weighted by Crippen LogP contribution is 2.29. The van der Waals surface area contributed by atoms with E-state index in [1.807, 2.05) is 35.2 Å². The number of H-pyrrole nitrogens is 1. The Morgan fingerprint density at radius 2 is 2.16 bits per heavy atom. The minimum atomic E-state index is -0.294.